The van der Waals surface area contributed by atoms with E-state index in [1.54, 1.807) is 11.8 Å². The van der Waals surface area contributed by atoms with E-state index in [0.717, 1.165) is 44.4 Å². The van der Waals surface area contributed by atoms with Gasteiger partial charge < -0.3 is 4.90 Å². The second kappa shape index (κ2) is 5.70. The van der Waals surface area contributed by atoms with Crippen molar-refractivity contribution in [2.24, 2.45) is 0 Å². The Balaban J connectivity index is 1.79. The number of hydrogen-bond acceptors (Lipinski definition) is 4. The van der Waals surface area contributed by atoms with Crippen LogP contribution in [0.4, 0.5) is 0 Å². The zero-order valence-corrected chi connectivity index (χ0v) is 10.3. The molecule has 0 saturated carbocycles. The lowest BCUT2D eigenvalue weighted by Gasteiger charge is -2.35. The number of carbonyl (C=O) groups excluding carboxylic acids is 1. The van der Waals surface area contributed by atoms with E-state index in [1.807, 2.05) is 11.0 Å². The number of carbonyl (C=O) groups is 1. The van der Waals surface area contributed by atoms with Crippen molar-refractivity contribution < 1.29 is 4.79 Å². The second-order valence-electron chi connectivity index (χ2n) is 4.19. The fourth-order valence-corrected chi connectivity index (χ4v) is 3.04. The van der Waals surface area contributed by atoms with Crippen LogP contribution in [0.2, 0.25) is 0 Å². The van der Waals surface area contributed by atoms with Crippen LogP contribution >= 0.6 is 11.8 Å². The number of rotatable bonds is 3. The summed E-state index contributed by atoms with van der Waals surface area (Å²) in [4.78, 5) is 16.4. The summed E-state index contributed by atoms with van der Waals surface area (Å²) in [5.74, 6) is 2.11. The summed E-state index contributed by atoms with van der Waals surface area (Å²) in [6, 6.07) is 0.0518. The summed E-state index contributed by atoms with van der Waals surface area (Å²) in [5, 5.41) is 3.23. The molecule has 2 heterocycles. The molecular formula is C11H19N3OS. The predicted molar refractivity (Wildman–Crippen MR) is 67.5 cm³/mol. The third kappa shape index (κ3) is 2.78. The van der Waals surface area contributed by atoms with Crippen LogP contribution in [0.5, 0.6) is 0 Å². The van der Waals surface area contributed by atoms with Gasteiger partial charge in [-0.2, -0.15) is 0 Å². The van der Waals surface area contributed by atoms with Gasteiger partial charge in [0.2, 0.25) is 5.91 Å². The Morgan fingerprint density at radius 1 is 1.44 bits per heavy atom. The van der Waals surface area contributed by atoms with E-state index in [9.17, 15) is 4.79 Å². The average molecular weight is 241 g/mol. The molecule has 0 aliphatic carbocycles. The lowest BCUT2D eigenvalue weighted by atomic mass is 10.2. The molecule has 1 unspecified atom stereocenters. The zero-order chi connectivity index (χ0) is 11.4. The number of thioether (sulfide) groups is 1. The lowest BCUT2D eigenvalue weighted by Crippen LogP contribution is -2.53. The first-order valence-electron chi connectivity index (χ1n) is 5.74. The summed E-state index contributed by atoms with van der Waals surface area (Å²) >= 11 is 1.80. The van der Waals surface area contributed by atoms with E-state index < -0.39 is 0 Å². The monoisotopic (exact) mass is 241 g/mol. The van der Waals surface area contributed by atoms with E-state index in [4.69, 9.17) is 0 Å². The molecule has 2 saturated heterocycles. The van der Waals surface area contributed by atoms with Crippen LogP contribution in [0.25, 0.3) is 0 Å². The number of amides is 1. The van der Waals surface area contributed by atoms with Gasteiger partial charge in [0.25, 0.3) is 0 Å². The van der Waals surface area contributed by atoms with Crippen LogP contribution in [-0.2, 0) is 4.79 Å². The molecule has 0 radical (unpaired) electrons. The Hall–Kier alpha value is -0.520. The van der Waals surface area contributed by atoms with Crippen LogP contribution in [-0.4, -0.2) is 66.1 Å². The Kier molecular flexibility index (Phi) is 4.26. The lowest BCUT2D eigenvalue weighted by molar-refractivity contribution is -0.134. The first-order chi connectivity index (χ1) is 7.81. The first kappa shape index (κ1) is 12.0. The fraction of sp³-hybridized carbons (Fsp3) is 0.727. The molecular weight excluding hydrogens is 222 g/mol. The molecule has 0 spiro atoms. The summed E-state index contributed by atoms with van der Waals surface area (Å²) in [5.41, 5.74) is 0. The maximum absolute atomic E-state index is 12.1. The van der Waals surface area contributed by atoms with Crippen molar-refractivity contribution in [2.75, 3.05) is 44.4 Å². The molecule has 4 nitrogen and oxygen atoms in total. The Labute approximate surface area is 101 Å². The molecule has 90 valence electrons. The van der Waals surface area contributed by atoms with E-state index in [-0.39, 0.29) is 11.9 Å². The molecule has 0 aromatic rings. The topological polar surface area (TPSA) is 35.6 Å². The summed E-state index contributed by atoms with van der Waals surface area (Å²) in [6.07, 6.45) is 1.92. The van der Waals surface area contributed by atoms with E-state index in [0.29, 0.717) is 0 Å². The second-order valence-corrected chi connectivity index (χ2v) is 5.22. The van der Waals surface area contributed by atoms with Crippen molar-refractivity contribution in [2.45, 2.75) is 6.04 Å². The average Bonchev–Trinajstić information content (AvgIpc) is 2.83. The molecule has 5 heteroatoms. The molecule has 1 N–H and O–H groups in total. The maximum atomic E-state index is 12.1. The van der Waals surface area contributed by atoms with Gasteiger partial charge in [-0.3, -0.25) is 15.0 Å². The minimum absolute atomic E-state index is 0.0518. The SMILES string of the molecule is C=CCN1CCN(C(=O)C2CSCN2)CC1. The van der Waals surface area contributed by atoms with Gasteiger partial charge >= 0.3 is 0 Å². The van der Waals surface area contributed by atoms with Gasteiger partial charge in [-0.1, -0.05) is 6.08 Å². The van der Waals surface area contributed by atoms with Crippen molar-refractivity contribution in [1.82, 2.24) is 15.1 Å². The van der Waals surface area contributed by atoms with Crippen LogP contribution in [0, 0.1) is 0 Å². The van der Waals surface area contributed by atoms with Gasteiger partial charge in [-0.15, -0.1) is 18.3 Å². The highest BCUT2D eigenvalue weighted by Crippen LogP contribution is 2.13. The molecule has 2 rings (SSSR count). The molecule has 2 fully saturated rings. The summed E-state index contributed by atoms with van der Waals surface area (Å²) in [6.45, 7) is 8.32. The fourth-order valence-electron chi connectivity index (χ4n) is 2.11. The Morgan fingerprint density at radius 2 is 2.19 bits per heavy atom. The van der Waals surface area contributed by atoms with Crippen molar-refractivity contribution in [3.63, 3.8) is 0 Å². The maximum Gasteiger partial charge on any atom is 0.240 e. The van der Waals surface area contributed by atoms with Gasteiger partial charge in [0.05, 0.1) is 6.04 Å². The third-order valence-corrected chi connectivity index (χ3v) is 4.03. The normalized spacial score (nSPS) is 27.0. The Bertz CT molecular complexity index is 258. The van der Waals surface area contributed by atoms with Crippen LogP contribution in [0.1, 0.15) is 0 Å². The number of nitrogens with zero attached hydrogens (tertiary/aromatic N) is 2. The highest BCUT2D eigenvalue weighted by atomic mass is 32.2. The van der Waals surface area contributed by atoms with Crippen molar-refractivity contribution in [3.8, 4) is 0 Å². The molecule has 2 aliphatic rings. The van der Waals surface area contributed by atoms with Gasteiger partial charge in [-0.05, 0) is 0 Å². The molecule has 1 atom stereocenters. The zero-order valence-electron chi connectivity index (χ0n) is 9.52. The third-order valence-electron chi connectivity index (χ3n) is 3.09. The van der Waals surface area contributed by atoms with Crippen LogP contribution < -0.4 is 5.32 Å². The summed E-state index contributed by atoms with van der Waals surface area (Å²) < 4.78 is 0. The molecule has 1 amide bonds. The number of hydrogen-bond donors (Lipinski definition) is 1. The standard InChI is InChI=1S/C11H19N3OS/c1-2-3-13-4-6-14(7-5-13)11(15)10-8-16-9-12-10/h2,10,12H,1,3-9H2. The van der Waals surface area contributed by atoms with Gasteiger partial charge in [0.15, 0.2) is 0 Å². The molecule has 2 aliphatic heterocycles. The highest BCUT2D eigenvalue weighted by Gasteiger charge is 2.29. The molecule has 0 aromatic carbocycles. The van der Waals surface area contributed by atoms with Gasteiger partial charge in [0.1, 0.15) is 0 Å². The van der Waals surface area contributed by atoms with Gasteiger partial charge in [0, 0.05) is 44.4 Å². The molecule has 0 bridgehead atoms. The minimum Gasteiger partial charge on any atom is -0.339 e. The molecule has 16 heavy (non-hydrogen) atoms. The number of nitrogens with one attached hydrogen (secondary N) is 1. The van der Waals surface area contributed by atoms with Crippen molar-refractivity contribution >= 4 is 17.7 Å². The van der Waals surface area contributed by atoms with E-state index in [1.165, 1.54) is 0 Å². The largest absolute Gasteiger partial charge is 0.339 e. The van der Waals surface area contributed by atoms with Crippen LogP contribution in [0.3, 0.4) is 0 Å². The quantitative estimate of drug-likeness (QED) is 0.704. The minimum atomic E-state index is 0.0518. The highest BCUT2D eigenvalue weighted by molar-refractivity contribution is 7.99. The summed E-state index contributed by atoms with van der Waals surface area (Å²) in [7, 11) is 0. The van der Waals surface area contributed by atoms with Crippen molar-refractivity contribution in [3.05, 3.63) is 12.7 Å². The number of piperazine rings is 1. The van der Waals surface area contributed by atoms with E-state index in [2.05, 4.69) is 16.8 Å². The van der Waals surface area contributed by atoms with Crippen molar-refractivity contribution in [1.29, 1.82) is 0 Å². The Morgan fingerprint density at radius 3 is 2.75 bits per heavy atom. The first-order valence-corrected chi connectivity index (χ1v) is 6.90. The molecule has 0 aromatic heterocycles. The van der Waals surface area contributed by atoms with Crippen LogP contribution in [0.15, 0.2) is 12.7 Å². The predicted octanol–water partition coefficient (Wildman–Crippen LogP) is -0.0209. The smallest absolute Gasteiger partial charge is 0.240 e. The van der Waals surface area contributed by atoms with E-state index >= 15 is 0 Å². The van der Waals surface area contributed by atoms with Gasteiger partial charge in [-0.25, -0.2) is 0 Å².